The molecule has 0 aromatic rings. The van der Waals surface area contributed by atoms with Gasteiger partial charge in [-0.25, -0.2) is 0 Å². The van der Waals surface area contributed by atoms with Crippen LogP contribution in [0.4, 0.5) is 0 Å². The van der Waals surface area contributed by atoms with Gasteiger partial charge in [0.25, 0.3) is 0 Å². The van der Waals surface area contributed by atoms with Gasteiger partial charge in [0.2, 0.25) is 0 Å². The largest absolute Gasteiger partial charge is 0.396 e. The molecule has 0 aromatic heterocycles. The molecule has 0 saturated carbocycles. The second kappa shape index (κ2) is 21.6. The number of hydrogen-bond acceptors (Lipinski definition) is 1. The normalized spacial score (nSPS) is 9.38. The summed E-state index contributed by atoms with van der Waals surface area (Å²) in [4.78, 5) is 0. The van der Waals surface area contributed by atoms with Crippen molar-refractivity contribution in [1.82, 2.24) is 0 Å². The van der Waals surface area contributed by atoms with Gasteiger partial charge in [-0.15, -0.1) is 0 Å². The molecule has 0 rings (SSSR count). The van der Waals surface area contributed by atoms with Crippen LogP contribution in [-0.4, -0.2) is 20.5 Å². The zero-order chi connectivity index (χ0) is 11.9. The van der Waals surface area contributed by atoms with E-state index in [2.05, 4.69) is 27.7 Å². The molecule has 0 atom stereocenters. The molecule has 2 radical (unpaired) electrons. The van der Waals surface area contributed by atoms with Crippen molar-refractivity contribution in [2.45, 2.75) is 77.9 Å². The molecule has 0 bridgehead atoms. The van der Waals surface area contributed by atoms with E-state index >= 15 is 0 Å². The van der Waals surface area contributed by atoms with Gasteiger partial charge in [-0.05, 0) is 6.42 Å². The summed E-state index contributed by atoms with van der Waals surface area (Å²) in [6.07, 6.45) is 6.18. The van der Waals surface area contributed by atoms with Crippen molar-refractivity contribution in [2.24, 2.45) is 0 Å². The molecule has 1 nitrogen and oxygen atoms in total. The second-order valence-corrected chi connectivity index (χ2v) is 7.41. The van der Waals surface area contributed by atoms with E-state index in [1.807, 2.05) is 0 Å². The molecule has 3 heteroatoms. The number of rotatable bonds is 8. The van der Waals surface area contributed by atoms with E-state index in [1.54, 1.807) is 6.04 Å². The fourth-order valence-electron chi connectivity index (χ4n) is 1.39. The Balaban J connectivity index is -0.000000214. The Labute approximate surface area is 130 Å². The van der Waals surface area contributed by atoms with E-state index < -0.39 is 0 Å². The van der Waals surface area contributed by atoms with Crippen molar-refractivity contribution in [3.05, 3.63) is 0 Å². The minimum Gasteiger partial charge on any atom is -0.396 e. The molecule has 0 saturated heterocycles. The van der Waals surface area contributed by atoms with Gasteiger partial charge in [-0.2, -0.15) is 0 Å². The van der Waals surface area contributed by atoms with Crippen LogP contribution >= 0.6 is 0 Å². The van der Waals surface area contributed by atoms with Crippen molar-refractivity contribution >= 4 is 8.80 Å². The Morgan fingerprint density at radius 2 is 1.31 bits per heavy atom. The second-order valence-electron chi connectivity index (χ2n) is 3.99. The molecular weight excluding hydrogens is 289 g/mol. The topological polar surface area (TPSA) is 20.2 Å². The molecule has 0 heterocycles. The minimum atomic E-state index is 0. The van der Waals surface area contributed by atoms with E-state index in [-0.39, 0.29) is 41.5 Å². The first-order valence-electron chi connectivity index (χ1n) is 6.71. The van der Waals surface area contributed by atoms with Crippen LogP contribution in [0, 0.1) is 0 Å². The van der Waals surface area contributed by atoms with Crippen LogP contribution in [0.25, 0.3) is 0 Å². The number of hydrogen-bond donors (Lipinski definition) is 1. The zero-order valence-electron chi connectivity index (χ0n) is 11.9. The van der Waals surface area contributed by atoms with Crippen molar-refractivity contribution in [3.8, 4) is 0 Å². The van der Waals surface area contributed by atoms with Crippen molar-refractivity contribution in [3.63, 3.8) is 0 Å². The zero-order valence-corrected chi connectivity index (χ0v) is 15.7. The fourth-order valence-corrected chi connectivity index (χ4v) is 3.45. The third-order valence-corrected chi connectivity index (χ3v) is 5.71. The standard InChI is InChI=1S/C8H19Si.C5H12O.Y/c1-4-7-8-9(5-2)6-3;1-2-3-4-5-6;/h4-8H2,1-3H3;6H,2-5H2,1H3;. The van der Waals surface area contributed by atoms with Crippen LogP contribution in [0.2, 0.25) is 18.1 Å². The van der Waals surface area contributed by atoms with Crippen LogP contribution in [-0.2, 0) is 32.7 Å². The molecule has 0 aromatic carbocycles. The maximum absolute atomic E-state index is 8.20. The van der Waals surface area contributed by atoms with Gasteiger partial charge in [-0.3, -0.25) is 0 Å². The van der Waals surface area contributed by atoms with Crippen LogP contribution in [0.3, 0.4) is 0 Å². The van der Waals surface area contributed by atoms with Crippen LogP contribution in [0.5, 0.6) is 0 Å². The third-order valence-electron chi connectivity index (χ3n) is 2.65. The first kappa shape index (κ1) is 22.5. The summed E-state index contributed by atoms with van der Waals surface area (Å²) in [5.41, 5.74) is 0. The fraction of sp³-hybridized carbons (Fsp3) is 1.00. The van der Waals surface area contributed by atoms with Crippen molar-refractivity contribution in [1.29, 1.82) is 0 Å². The van der Waals surface area contributed by atoms with E-state index in [0.29, 0.717) is 6.61 Å². The summed E-state index contributed by atoms with van der Waals surface area (Å²) >= 11 is 0. The van der Waals surface area contributed by atoms with Gasteiger partial charge in [0, 0.05) is 48.1 Å². The molecule has 0 aliphatic carbocycles. The smallest absolute Gasteiger partial charge is 0.0473 e. The molecule has 0 spiro atoms. The summed E-state index contributed by atoms with van der Waals surface area (Å²) in [7, 11) is 0.114. The summed E-state index contributed by atoms with van der Waals surface area (Å²) in [5, 5.41) is 8.20. The predicted molar refractivity (Wildman–Crippen MR) is 73.0 cm³/mol. The predicted octanol–water partition coefficient (Wildman–Crippen LogP) is 4.49. The van der Waals surface area contributed by atoms with E-state index in [0.717, 1.165) is 12.8 Å². The number of unbranched alkanes of at least 4 members (excludes halogenated alkanes) is 3. The average molecular weight is 320 g/mol. The van der Waals surface area contributed by atoms with Crippen LogP contribution in [0.1, 0.15) is 59.8 Å². The Morgan fingerprint density at radius 1 is 0.812 bits per heavy atom. The van der Waals surface area contributed by atoms with Crippen molar-refractivity contribution in [2.75, 3.05) is 6.61 Å². The first-order chi connectivity index (χ1) is 7.26. The molecule has 0 unspecified atom stereocenters. The summed E-state index contributed by atoms with van der Waals surface area (Å²) in [6, 6.07) is 4.50. The van der Waals surface area contributed by atoms with Crippen LogP contribution < -0.4 is 0 Å². The first-order valence-corrected chi connectivity index (χ1v) is 8.83. The van der Waals surface area contributed by atoms with E-state index in [4.69, 9.17) is 5.11 Å². The minimum absolute atomic E-state index is 0. The molecular formula is C13H31OSiY. The molecule has 96 valence electrons. The summed E-state index contributed by atoms with van der Waals surface area (Å²) < 4.78 is 0. The quantitative estimate of drug-likeness (QED) is 0.516. The van der Waals surface area contributed by atoms with E-state index in [1.165, 1.54) is 31.4 Å². The van der Waals surface area contributed by atoms with Crippen LogP contribution in [0.15, 0.2) is 0 Å². The van der Waals surface area contributed by atoms with Gasteiger partial charge in [0.1, 0.15) is 0 Å². The summed E-state index contributed by atoms with van der Waals surface area (Å²) in [5.74, 6) is 0. The molecule has 0 fully saturated rings. The maximum atomic E-state index is 8.20. The number of aliphatic hydroxyl groups is 1. The molecule has 0 aliphatic heterocycles. The Bertz CT molecular complexity index is 93.9. The Morgan fingerprint density at radius 3 is 1.56 bits per heavy atom. The monoisotopic (exact) mass is 320 g/mol. The van der Waals surface area contributed by atoms with Gasteiger partial charge >= 0.3 is 0 Å². The SMILES string of the molecule is CCCCCO.CCCC[Si](CC)CC.[Y]. The Kier molecular flexibility index (Phi) is 30.3. The number of aliphatic hydroxyl groups excluding tert-OH is 1. The summed E-state index contributed by atoms with van der Waals surface area (Å²) in [6.45, 7) is 9.44. The van der Waals surface area contributed by atoms with E-state index in [9.17, 15) is 0 Å². The maximum Gasteiger partial charge on any atom is 0.0473 e. The third kappa shape index (κ3) is 20.7. The van der Waals surface area contributed by atoms with Gasteiger partial charge in [-0.1, -0.05) is 71.5 Å². The van der Waals surface area contributed by atoms with Crippen molar-refractivity contribution < 1.29 is 37.8 Å². The Hall–Kier alpha value is 1.28. The molecule has 1 N–H and O–H groups in total. The van der Waals surface area contributed by atoms with Gasteiger partial charge < -0.3 is 5.11 Å². The van der Waals surface area contributed by atoms with Gasteiger partial charge in [0.15, 0.2) is 0 Å². The molecule has 16 heavy (non-hydrogen) atoms. The molecule has 0 aliphatic rings. The van der Waals surface area contributed by atoms with Gasteiger partial charge in [0.05, 0.1) is 0 Å². The molecule has 0 amide bonds. The average Bonchev–Trinajstić information content (AvgIpc) is 2.29.